The van der Waals surface area contributed by atoms with Gasteiger partial charge in [-0.3, -0.25) is 9.52 Å². The van der Waals surface area contributed by atoms with Crippen molar-refractivity contribution in [3.05, 3.63) is 74.6 Å². The van der Waals surface area contributed by atoms with Crippen LogP contribution in [0.1, 0.15) is 16.7 Å². The lowest BCUT2D eigenvalue weighted by molar-refractivity contribution is -0.127. The fourth-order valence-electron chi connectivity index (χ4n) is 3.13. The Labute approximate surface area is 179 Å². The second kappa shape index (κ2) is 8.49. The molecule has 1 heterocycles. The topological polar surface area (TPSA) is 96.7 Å². The number of rotatable bonds is 6. The zero-order valence-corrected chi connectivity index (χ0v) is 18.3. The molecule has 158 valence electrons. The summed E-state index contributed by atoms with van der Waals surface area (Å²) in [6.45, 7) is 0. The van der Waals surface area contributed by atoms with Crippen molar-refractivity contribution in [2.24, 2.45) is 0 Å². The average molecular weight is 449 g/mol. The minimum atomic E-state index is -3.44. The van der Waals surface area contributed by atoms with Gasteiger partial charge in [0.05, 0.1) is 12.7 Å². The Morgan fingerprint density at radius 2 is 1.87 bits per heavy atom. The first-order chi connectivity index (χ1) is 14.0. The molecule has 1 N–H and O–H groups in total. The van der Waals surface area contributed by atoms with Gasteiger partial charge >= 0.3 is 5.63 Å². The molecule has 0 fully saturated rings. The van der Waals surface area contributed by atoms with Crippen molar-refractivity contribution < 1.29 is 17.6 Å². The summed E-state index contributed by atoms with van der Waals surface area (Å²) >= 11 is 6.14. The largest absolute Gasteiger partial charge is 0.423 e. The molecule has 30 heavy (non-hydrogen) atoms. The van der Waals surface area contributed by atoms with Crippen LogP contribution in [0.25, 0.3) is 11.0 Å². The molecule has 0 saturated carbocycles. The van der Waals surface area contributed by atoms with Crippen LogP contribution in [-0.2, 0) is 27.7 Å². The first-order valence-electron chi connectivity index (χ1n) is 9.04. The summed E-state index contributed by atoms with van der Waals surface area (Å²) in [5.74, 6) is -0.171. The molecule has 9 heteroatoms. The third-order valence-electron chi connectivity index (χ3n) is 4.52. The molecular formula is C21H21ClN2O5S. The molecule has 3 rings (SSSR count). The zero-order chi connectivity index (χ0) is 22.1. The molecule has 7 nitrogen and oxygen atoms in total. The lowest BCUT2D eigenvalue weighted by atomic mass is 9.96. The van der Waals surface area contributed by atoms with Crippen LogP contribution in [0.5, 0.6) is 0 Å². The van der Waals surface area contributed by atoms with E-state index in [1.807, 2.05) is 0 Å². The van der Waals surface area contributed by atoms with Gasteiger partial charge in [0.2, 0.25) is 15.9 Å². The standard InChI is InChI=1S/C21H21ClN2O5S/c1-24(2)20(25)12-16-17-11-14(22)7-8-19(17)29-21(26)18(16)10-13-5-4-6-15(9-13)23-30(3,27)28/h4-9,11,23H,10,12H2,1-3H3. The highest BCUT2D eigenvalue weighted by molar-refractivity contribution is 7.92. The first kappa shape index (κ1) is 21.9. The van der Waals surface area contributed by atoms with E-state index in [2.05, 4.69) is 4.72 Å². The molecular weight excluding hydrogens is 428 g/mol. The fraction of sp³-hybridized carbons (Fsp3) is 0.238. The molecule has 2 aromatic carbocycles. The maximum atomic E-state index is 12.8. The Hall–Kier alpha value is -2.84. The molecule has 0 atom stereocenters. The maximum absolute atomic E-state index is 12.8. The Balaban J connectivity index is 2.13. The predicted octanol–water partition coefficient (Wildman–Crippen LogP) is 3.04. The summed E-state index contributed by atoms with van der Waals surface area (Å²) in [6, 6.07) is 11.6. The fourth-order valence-corrected chi connectivity index (χ4v) is 3.85. The van der Waals surface area contributed by atoms with E-state index in [4.69, 9.17) is 16.0 Å². The maximum Gasteiger partial charge on any atom is 0.340 e. The number of benzene rings is 2. The van der Waals surface area contributed by atoms with Gasteiger partial charge in [-0.15, -0.1) is 0 Å². The van der Waals surface area contributed by atoms with Crippen LogP contribution in [0, 0.1) is 0 Å². The van der Waals surface area contributed by atoms with Crippen molar-refractivity contribution in [3.8, 4) is 0 Å². The van der Waals surface area contributed by atoms with Crippen LogP contribution < -0.4 is 10.3 Å². The van der Waals surface area contributed by atoms with E-state index in [0.29, 0.717) is 38.4 Å². The third-order valence-corrected chi connectivity index (χ3v) is 5.36. The van der Waals surface area contributed by atoms with Crippen LogP contribution in [0.2, 0.25) is 5.02 Å². The number of hydrogen-bond acceptors (Lipinski definition) is 5. The number of amides is 1. The number of anilines is 1. The van der Waals surface area contributed by atoms with Gasteiger partial charge < -0.3 is 9.32 Å². The molecule has 0 aliphatic carbocycles. The number of nitrogens with zero attached hydrogens (tertiary/aromatic N) is 1. The molecule has 1 aromatic heterocycles. The normalized spacial score (nSPS) is 11.5. The van der Waals surface area contributed by atoms with Crippen LogP contribution >= 0.6 is 11.6 Å². The average Bonchev–Trinajstić information content (AvgIpc) is 2.63. The minimum absolute atomic E-state index is 0.00601. The summed E-state index contributed by atoms with van der Waals surface area (Å²) in [6.07, 6.45) is 1.23. The summed E-state index contributed by atoms with van der Waals surface area (Å²) in [7, 11) is -0.154. The highest BCUT2D eigenvalue weighted by Crippen LogP contribution is 2.26. The number of nitrogens with one attached hydrogen (secondary N) is 1. The second-order valence-electron chi connectivity index (χ2n) is 7.20. The summed E-state index contributed by atoms with van der Waals surface area (Å²) < 4.78 is 30.9. The number of halogens is 1. The van der Waals surface area contributed by atoms with Crippen LogP contribution in [-0.4, -0.2) is 39.6 Å². The van der Waals surface area contributed by atoms with E-state index in [1.54, 1.807) is 56.6 Å². The molecule has 0 saturated heterocycles. The van der Waals surface area contributed by atoms with Crippen molar-refractivity contribution in [2.45, 2.75) is 12.8 Å². The van der Waals surface area contributed by atoms with E-state index in [1.165, 1.54) is 4.90 Å². The van der Waals surface area contributed by atoms with E-state index in [0.717, 1.165) is 6.26 Å². The zero-order valence-electron chi connectivity index (χ0n) is 16.7. The van der Waals surface area contributed by atoms with Crippen molar-refractivity contribution in [1.82, 2.24) is 4.90 Å². The summed E-state index contributed by atoms with van der Waals surface area (Å²) in [5.41, 5.74) is 1.75. The number of sulfonamides is 1. The number of hydrogen-bond donors (Lipinski definition) is 1. The van der Waals surface area contributed by atoms with Gasteiger partial charge in [-0.25, -0.2) is 13.2 Å². The number of likely N-dealkylation sites (N-methyl/N-ethyl adjacent to an activating group) is 1. The van der Waals surface area contributed by atoms with Crippen LogP contribution in [0.4, 0.5) is 5.69 Å². The number of fused-ring (bicyclic) bond motifs is 1. The van der Waals surface area contributed by atoms with Crippen LogP contribution in [0.15, 0.2) is 51.7 Å². The van der Waals surface area contributed by atoms with Crippen molar-refractivity contribution in [2.75, 3.05) is 25.1 Å². The third kappa shape index (κ3) is 5.20. The summed E-state index contributed by atoms with van der Waals surface area (Å²) in [5, 5.41) is 1.05. The smallest absolute Gasteiger partial charge is 0.340 e. The van der Waals surface area contributed by atoms with Gasteiger partial charge in [0.15, 0.2) is 0 Å². The van der Waals surface area contributed by atoms with Gasteiger partial charge in [0.25, 0.3) is 0 Å². The highest BCUT2D eigenvalue weighted by atomic mass is 35.5. The second-order valence-corrected chi connectivity index (χ2v) is 9.39. The van der Waals surface area contributed by atoms with E-state index in [9.17, 15) is 18.0 Å². The molecule has 3 aromatic rings. The Morgan fingerprint density at radius 1 is 1.13 bits per heavy atom. The van der Waals surface area contributed by atoms with Gasteiger partial charge in [-0.1, -0.05) is 23.7 Å². The quantitative estimate of drug-likeness (QED) is 0.584. The van der Waals surface area contributed by atoms with Crippen LogP contribution in [0.3, 0.4) is 0 Å². The monoisotopic (exact) mass is 448 g/mol. The SMILES string of the molecule is CN(C)C(=O)Cc1c(Cc2cccc(NS(C)(=O)=O)c2)c(=O)oc2ccc(Cl)cc12. The number of carbonyl (C=O) groups is 1. The Bertz CT molecular complexity index is 1280. The van der Waals surface area contributed by atoms with E-state index in [-0.39, 0.29) is 18.7 Å². The lowest BCUT2D eigenvalue weighted by Gasteiger charge is -2.15. The highest BCUT2D eigenvalue weighted by Gasteiger charge is 2.19. The van der Waals surface area contributed by atoms with Crippen molar-refractivity contribution >= 4 is 44.2 Å². The van der Waals surface area contributed by atoms with E-state index >= 15 is 0 Å². The first-order valence-corrected chi connectivity index (χ1v) is 11.3. The van der Waals surface area contributed by atoms with Gasteiger partial charge in [0, 0.05) is 42.2 Å². The number of carbonyl (C=O) groups excluding carboxylic acids is 1. The van der Waals surface area contributed by atoms with E-state index < -0.39 is 15.6 Å². The molecule has 0 aliphatic heterocycles. The molecule has 0 unspecified atom stereocenters. The Morgan fingerprint density at radius 3 is 2.53 bits per heavy atom. The van der Waals surface area contributed by atoms with Crippen molar-refractivity contribution in [1.29, 1.82) is 0 Å². The molecule has 0 bridgehead atoms. The minimum Gasteiger partial charge on any atom is -0.423 e. The van der Waals surface area contributed by atoms with Gasteiger partial charge in [-0.05, 0) is 41.5 Å². The van der Waals surface area contributed by atoms with Gasteiger partial charge in [-0.2, -0.15) is 0 Å². The molecule has 1 amide bonds. The van der Waals surface area contributed by atoms with Crippen molar-refractivity contribution in [3.63, 3.8) is 0 Å². The molecule has 0 spiro atoms. The Kier molecular flexibility index (Phi) is 6.19. The lowest BCUT2D eigenvalue weighted by Crippen LogP contribution is -2.25. The van der Waals surface area contributed by atoms with Gasteiger partial charge in [0.1, 0.15) is 5.58 Å². The predicted molar refractivity (Wildman–Crippen MR) is 118 cm³/mol. The molecule has 0 radical (unpaired) electrons. The summed E-state index contributed by atoms with van der Waals surface area (Å²) in [4.78, 5) is 26.7. The molecule has 0 aliphatic rings.